The summed E-state index contributed by atoms with van der Waals surface area (Å²) < 4.78 is 7.06. The largest absolute Gasteiger partial charge is 0.480 e. The summed E-state index contributed by atoms with van der Waals surface area (Å²) in [4.78, 5) is 23.6. The Labute approximate surface area is 151 Å². The molecule has 1 heterocycles. The monoisotopic (exact) mass is 352 g/mol. The summed E-state index contributed by atoms with van der Waals surface area (Å²) in [5, 5.41) is 12.9. The number of carboxylic acid groups (broad SMARTS) is 1. The van der Waals surface area contributed by atoms with Crippen LogP contribution in [0, 0.1) is 0 Å². The van der Waals surface area contributed by atoms with E-state index in [0.717, 1.165) is 22.0 Å². The summed E-state index contributed by atoms with van der Waals surface area (Å²) >= 11 is 0. The minimum Gasteiger partial charge on any atom is -0.480 e. The zero-order valence-corrected chi connectivity index (χ0v) is 14.4. The number of aryl methyl sites for hydroxylation is 1. The third-order valence-electron chi connectivity index (χ3n) is 4.21. The van der Waals surface area contributed by atoms with E-state index in [-0.39, 0.29) is 13.0 Å². The number of hydrogen-bond donors (Lipinski definition) is 2. The minimum absolute atomic E-state index is 0.0906. The average Bonchev–Trinajstić information content (AvgIpc) is 2.96. The molecule has 0 aliphatic heterocycles. The third kappa shape index (κ3) is 4.03. The first kappa shape index (κ1) is 17.5. The fraction of sp³-hybridized carbons (Fsp3) is 0.200. The minimum atomic E-state index is -1.10. The molecule has 134 valence electrons. The number of carboxylic acids is 1. The zero-order valence-electron chi connectivity index (χ0n) is 14.4. The predicted octanol–water partition coefficient (Wildman–Crippen LogP) is 3.10. The molecule has 3 aromatic rings. The molecule has 6 heteroatoms. The second-order valence-corrected chi connectivity index (χ2v) is 6.08. The summed E-state index contributed by atoms with van der Waals surface area (Å²) in [7, 11) is 1.91. The van der Waals surface area contributed by atoms with Crippen LogP contribution >= 0.6 is 0 Å². The molecule has 1 aromatic heterocycles. The molecular formula is C20H20N2O4. The van der Waals surface area contributed by atoms with Crippen LogP contribution in [-0.4, -0.2) is 27.8 Å². The summed E-state index contributed by atoms with van der Waals surface area (Å²) in [6, 6.07) is 15.9. The fourth-order valence-corrected chi connectivity index (χ4v) is 2.92. The highest BCUT2D eigenvalue weighted by Gasteiger charge is 2.23. The first-order valence-electron chi connectivity index (χ1n) is 8.27. The number of nitrogens with one attached hydrogen (secondary N) is 1. The van der Waals surface area contributed by atoms with E-state index in [4.69, 9.17) is 4.74 Å². The van der Waals surface area contributed by atoms with Crippen molar-refractivity contribution in [3.8, 4) is 0 Å². The van der Waals surface area contributed by atoms with E-state index in [0.29, 0.717) is 0 Å². The van der Waals surface area contributed by atoms with Gasteiger partial charge in [-0.1, -0.05) is 48.5 Å². The van der Waals surface area contributed by atoms with Crippen LogP contribution in [0.15, 0.2) is 60.8 Å². The lowest BCUT2D eigenvalue weighted by atomic mass is 10.1. The number of fused-ring (bicyclic) bond motifs is 1. The zero-order chi connectivity index (χ0) is 18.5. The Morgan fingerprint density at radius 1 is 1.12 bits per heavy atom. The number of nitrogens with zero attached hydrogens (tertiary/aromatic N) is 1. The van der Waals surface area contributed by atoms with Crippen LogP contribution in [0.3, 0.4) is 0 Å². The van der Waals surface area contributed by atoms with Gasteiger partial charge in [-0.2, -0.15) is 0 Å². The molecule has 2 aromatic carbocycles. The molecule has 0 aliphatic rings. The van der Waals surface area contributed by atoms with Crippen molar-refractivity contribution in [3.05, 3.63) is 71.9 Å². The summed E-state index contributed by atoms with van der Waals surface area (Å²) in [5.41, 5.74) is 2.71. The van der Waals surface area contributed by atoms with Crippen molar-refractivity contribution in [2.24, 2.45) is 7.05 Å². The van der Waals surface area contributed by atoms with Crippen LogP contribution in [-0.2, 0) is 29.6 Å². The van der Waals surface area contributed by atoms with Gasteiger partial charge >= 0.3 is 12.1 Å². The number of rotatable bonds is 6. The van der Waals surface area contributed by atoms with E-state index in [9.17, 15) is 14.7 Å². The van der Waals surface area contributed by atoms with Crippen molar-refractivity contribution >= 4 is 23.0 Å². The molecule has 1 atom stereocenters. The maximum Gasteiger partial charge on any atom is 0.408 e. The highest BCUT2D eigenvalue weighted by atomic mass is 16.5. The highest BCUT2D eigenvalue weighted by Crippen LogP contribution is 2.21. The number of carbonyl (C=O) groups excluding carboxylic acids is 1. The van der Waals surface area contributed by atoms with Crippen molar-refractivity contribution in [2.45, 2.75) is 19.1 Å². The van der Waals surface area contributed by atoms with Gasteiger partial charge < -0.3 is 19.7 Å². The Morgan fingerprint density at radius 2 is 1.81 bits per heavy atom. The van der Waals surface area contributed by atoms with Gasteiger partial charge in [0, 0.05) is 30.6 Å². The topological polar surface area (TPSA) is 80.6 Å². The van der Waals surface area contributed by atoms with Gasteiger partial charge in [-0.15, -0.1) is 0 Å². The SMILES string of the molecule is Cn1cc(CC(NC(=O)OCc2ccccc2)C(=O)O)c2ccccc21. The van der Waals surface area contributed by atoms with Gasteiger partial charge in [0.25, 0.3) is 0 Å². The third-order valence-corrected chi connectivity index (χ3v) is 4.21. The maximum atomic E-state index is 12.0. The van der Waals surface area contributed by atoms with Gasteiger partial charge in [0.15, 0.2) is 0 Å². The Hall–Kier alpha value is -3.28. The van der Waals surface area contributed by atoms with Crippen molar-refractivity contribution in [2.75, 3.05) is 0 Å². The van der Waals surface area contributed by atoms with Gasteiger partial charge in [-0.05, 0) is 17.2 Å². The van der Waals surface area contributed by atoms with E-state index < -0.39 is 18.1 Å². The molecule has 26 heavy (non-hydrogen) atoms. The number of ether oxygens (including phenoxy) is 1. The van der Waals surface area contributed by atoms with Gasteiger partial charge in [-0.3, -0.25) is 0 Å². The molecule has 0 saturated carbocycles. The lowest BCUT2D eigenvalue weighted by Gasteiger charge is -2.14. The second kappa shape index (κ2) is 7.74. The summed E-state index contributed by atoms with van der Waals surface area (Å²) in [6.07, 6.45) is 1.32. The van der Waals surface area contributed by atoms with Gasteiger partial charge in [-0.25, -0.2) is 9.59 Å². The molecule has 2 N–H and O–H groups in total. The Balaban J connectivity index is 1.67. The number of aliphatic carboxylic acids is 1. The van der Waals surface area contributed by atoms with Crippen molar-refractivity contribution in [3.63, 3.8) is 0 Å². The molecule has 0 aliphatic carbocycles. The molecule has 0 bridgehead atoms. The van der Waals surface area contributed by atoms with Gasteiger partial charge in [0.05, 0.1) is 0 Å². The number of benzene rings is 2. The maximum absolute atomic E-state index is 12.0. The van der Waals surface area contributed by atoms with E-state index >= 15 is 0 Å². The lowest BCUT2D eigenvalue weighted by Crippen LogP contribution is -2.42. The molecule has 0 spiro atoms. The van der Waals surface area contributed by atoms with E-state index in [1.165, 1.54) is 0 Å². The smallest absolute Gasteiger partial charge is 0.408 e. The average molecular weight is 352 g/mol. The molecule has 3 rings (SSSR count). The van der Waals surface area contributed by atoms with Crippen LogP contribution in [0.5, 0.6) is 0 Å². The number of carbonyl (C=O) groups is 2. The normalized spacial score (nSPS) is 11.9. The molecule has 0 fully saturated rings. The quantitative estimate of drug-likeness (QED) is 0.714. The Kier molecular flexibility index (Phi) is 5.22. The molecule has 1 amide bonds. The Bertz CT molecular complexity index is 918. The molecule has 6 nitrogen and oxygen atoms in total. The van der Waals surface area contributed by atoms with Crippen LogP contribution in [0.2, 0.25) is 0 Å². The van der Waals surface area contributed by atoms with E-state index in [1.807, 2.05) is 72.4 Å². The summed E-state index contributed by atoms with van der Waals surface area (Å²) in [5.74, 6) is -1.10. The fourth-order valence-electron chi connectivity index (χ4n) is 2.92. The molecule has 0 radical (unpaired) electrons. The second-order valence-electron chi connectivity index (χ2n) is 6.08. The van der Waals surface area contributed by atoms with E-state index in [1.54, 1.807) is 0 Å². The van der Waals surface area contributed by atoms with Crippen molar-refractivity contribution in [1.29, 1.82) is 0 Å². The van der Waals surface area contributed by atoms with Crippen molar-refractivity contribution < 1.29 is 19.4 Å². The molecular weight excluding hydrogens is 332 g/mol. The van der Waals surface area contributed by atoms with Crippen LogP contribution in [0.25, 0.3) is 10.9 Å². The van der Waals surface area contributed by atoms with Crippen LogP contribution < -0.4 is 5.32 Å². The number of para-hydroxylation sites is 1. The highest BCUT2D eigenvalue weighted by molar-refractivity contribution is 5.86. The van der Waals surface area contributed by atoms with Gasteiger partial charge in [0.2, 0.25) is 0 Å². The van der Waals surface area contributed by atoms with Crippen molar-refractivity contribution in [1.82, 2.24) is 9.88 Å². The number of alkyl carbamates (subject to hydrolysis) is 1. The standard InChI is InChI=1S/C20H20N2O4/c1-22-12-15(16-9-5-6-10-18(16)22)11-17(19(23)24)21-20(25)26-13-14-7-3-2-4-8-14/h2-10,12,17H,11,13H2,1H3,(H,21,25)(H,23,24). The van der Waals surface area contributed by atoms with Gasteiger partial charge in [0.1, 0.15) is 12.6 Å². The number of aromatic nitrogens is 1. The van der Waals surface area contributed by atoms with E-state index in [2.05, 4.69) is 5.32 Å². The lowest BCUT2D eigenvalue weighted by molar-refractivity contribution is -0.139. The predicted molar refractivity (Wildman–Crippen MR) is 97.8 cm³/mol. The Morgan fingerprint density at radius 3 is 2.54 bits per heavy atom. The molecule has 0 saturated heterocycles. The number of amides is 1. The molecule has 1 unspecified atom stereocenters. The first-order chi connectivity index (χ1) is 12.5. The first-order valence-corrected chi connectivity index (χ1v) is 8.27. The summed E-state index contributed by atoms with van der Waals surface area (Å²) in [6.45, 7) is 0.0906. The van der Waals surface area contributed by atoms with Crippen LogP contribution in [0.4, 0.5) is 4.79 Å². The van der Waals surface area contributed by atoms with Crippen LogP contribution in [0.1, 0.15) is 11.1 Å². The number of hydrogen-bond acceptors (Lipinski definition) is 3.